The molecule has 1 aliphatic rings. The highest BCUT2D eigenvalue weighted by molar-refractivity contribution is 5.24. The maximum Gasteiger partial charge on any atom is 0.0942 e. The van der Waals surface area contributed by atoms with E-state index in [0.717, 1.165) is 12.1 Å². The molecular weight excluding hydrogens is 234 g/mol. The summed E-state index contributed by atoms with van der Waals surface area (Å²) in [4.78, 5) is 2.48. The first-order chi connectivity index (χ1) is 9.09. The molecule has 1 aromatic rings. The summed E-state index contributed by atoms with van der Waals surface area (Å²) in [5.74, 6) is 0. The highest BCUT2D eigenvalue weighted by Crippen LogP contribution is 2.26. The molecule has 0 aromatic heterocycles. The van der Waals surface area contributed by atoms with Crippen molar-refractivity contribution in [3.05, 3.63) is 35.4 Å². The van der Waals surface area contributed by atoms with E-state index >= 15 is 0 Å². The van der Waals surface area contributed by atoms with Crippen molar-refractivity contribution in [2.24, 2.45) is 0 Å². The molecule has 0 amide bonds. The summed E-state index contributed by atoms with van der Waals surface area (Å²) in [7, 11) is 0. The van der Waals surface area contributed by atoms with Crippen LogP contribution in [0.25, 0.3) is 0 Å². The van der Waals surface area contributed by atoms with E-state index in [2.05, 4.69) is 49.9 Å². The van der Waals surface area contributed by atoms with E-state index < -0.39 is 0 Å². The maximum atomic E-state index is 10.6. The second-order valence-electron chi connectivity index (χ2n) is 6.03. The molecule has 106 valence electrons. The molecule has 19 heavy (non-hydrogen) atoms. The van der Waals surface area contributed by atoms with E-state index in [4.69, 9.17) is 0 Å². The van der Waals surface area contributed by atoms with Crippen molar-refractivity contribution < 1.29 is 5.11 Å². The lowest BCUT2D eigenvalue weighted by molar-refractivity contribution is 0.0377. The smallest absolute Gasteiger partial charge is 0.0942 e. The normalized spacial score (nSPS) is 24.7. The summed E-state index contributed by atoms with van der Waals surface area (Å²) in [5, 5.41) is 10.6. The van der Waals surface area contributed by atoms with Gasteiger partial charge in [0.05, 0.1) is 6.10 Å². The number of benzene rings is 1. The number of aliphatic hydroxyl groups is 1. The quantitative estimate of drug-likeness (QED) is 0.897. The molecule has 0 radical (unpaired) electrons. The van der Waals surface area contributed by atoms with Gasteiger partial charge in [-0.1, -0.05) is 42.7 Å². The van der Waals surface area contributed by atoms with E-state index in [1.165, 1.54) is 31.2 Å². The predicted octanol–water partition coefficient (Wildman–Crippen LogP) is 3.68. The molecule has 1 heterocycles. The molecule has 0 bridgehead atoms. The van der Waals surface area contributed by atoms with Gasteiger partial charge < -0.3 is 5.11 Å². The standard InChI is InChI=1S/C17H27NO/c1-13-8-10-16(11-9-13)17(19)15(3)18-12-6-4-5-7-14(18)2/h8-11,14-15,17,19H,4-7,12H2,1-3H3. The fourth-order valence-corrected chi connectivity index (χ4v) is 3.13. The Morgan fingerprint density at radius 1 is 1.16 bits per heavy atom. The molecule has 1 fully saturated rings. The highest BCUT2D eigenvalue weighted by atomic mass is 16.3. The van der Waals surface area contributed by atoms with Gasteiger partial charge in [0, 0.05) is 12.1 Å². The first-order valence-electron chi connectivity index (χ1n) is 7.60. The molecule has 1 aromatic carbocycles. The Kier molecular flexibility index (Phi) is 5.00. The number of nitrogens with zero attached hydrogens (tertiary/aromatic N) is 1. The zero-order valence-electron chi connectivity index (χ0n) is 12.5. The van der Waals surface area contributed by atoms with E-state index in [-0.39, 0.29) is 12.1 Å². The van der Waals surface area contributed by atoms with Crippen molar-refractivity contribution in [2.75, 3.05) is 6.54 Å². The van der Waals surface area contributed by atoms with Crippen LogP contribution in [-0.4, -0.2) is 28.6 Å². The van der Waals surface area contributed by atoms with Crippen molar-refractivity contribution in [3.63, 3.8) is 0 Å². The SMILES string of the molecule is Cc1ccc(C(O)C(C)N2CCCCCC2C)cc1. The van der Waals surface area contributed by atoms with Crippen LogP contribution in [0.5, 0.6) is 0 Å². The largest absolute Gasteiger partial charge is 0.387 e. The molecule has 2 rings (SSSR count). The van der Waals surface area contributed by atoms with E-state index in [1.807, 2.05) is 0 Å². The minimum Gasteiger partial charge on any atom is -0.387 e. The molecule has 0 saturated carbocycles. The lowest BCUT2D eigenvalue weighted by Crippen LogP contribution is -2.43. The molecule has 2 heteroatoms. The van der Waals surface area contributed by atoms with Crippen molar-refractivity contribution in [1.29, 1.82) is 0 Å². The zero-order chi connectivity index (χ0) is 13.8. The third kappa shape index (κ3) is 3.58. The Balaban J connectivity index is 2.08. The molecule has 3 atom stereocenters. The summed E-state index contributed by atoms with van der Waals surface area (Å²) in [6.45, 7) is 7.65. The average molecular weight is 261 g/mol. The van der Waals surface area contributed by atoms with Crippen LogP contribution in [0.3, 0.4) is 0 Å². The van der Waals surface area contributed by atoms with Crippen LogP contribution in [0.4, 0.5) is 0 Å². The Morgan fingerprint density at radius 3 is 2.53 bits per heavy atom. The maximum absolute atomic E-state index is 10.6. The molecule has 1 aliphatic heterocycles. The molecule has 0 spiro atoms. The monoisotopic (exact) mass is 261 g/mol. The lowest BCUT2D eigenvalue weighted by atomic mass is 9.99. The average Bonchev–Trinajstić information content (AvgIpc) is 2.63. The highest BCUT2D eigenvalue weighted by Gasteiger charge is 2.27. The van der Waals surface area contributed by atoms with Crippen LogP contribution in [-0.2, 0) is 0 Å². The minimum absolute atomic E-state index is 0.191. The Hall–Kier alpha value is -0.860. The van der Waals surface area contributed by atoms with Gasteiger partial charge in [-0.3, -0.25) is 4.90 Å². The fraction of sp³-hybridized carbons (Fsp3) is 0.647. The Bertz CT molecular complexity index is 387. The van der Waals surface area contributed by atoms with Crippen molar-refractivity contribution in [2.45, 2.75) is 64.6 Å². The van der Waals surface area contributed by atoms with E-state index in [1.54, 1.807) is 0 Å². The van der Waals surface area contributed by atoms with Crippen LogP contribution in [0.2, 0.25) is 0 Å². The van der Waals surface area contributed by atoms with E-state index in [9.17, 15) is 5.11 Å². The third-order valence-electron chi connectivity index (χ3n) is 4.50. The van der Waals surface area contributed by atoms with Gasteiger partial charge in [0.1, 0.15) is 0 Å². The summed E-state index contributed by atoms with van der Waals surface area (Å²) in [6.07, 6.45) is 4.78. The second kappa shape index (κ2) is 6.53. The van der Waals surface area contributed by atoms with Crippen molar-refractivity contribution in [3.8, 4) is 0 Å². The number of rotatable bonds is 3. The topological polar surface area (TPSA) is 23.5 Å². The fourth-order valence-electron chi connectivity index (χ4n) is 3.13. The second-order valence-corrected chi connectivity index (χ2v) is 6.03. The van der Waals surface area contributed by atoms with Crippen LogP contribution < -0.4 is 0 Å². The molecule has 2 nitrogen and oxygen atoms in total. The van der Waals surface area contributed by atoms with E-state index in [0.29, 0.717) is 6.04 Å². The molecule has 1 saturated heterocycles. The third-order valence-corrected chi connectivity index (χ3v) is 4.50. The van der Waals surface area contributed by atoms with Gasteiger partial charge in [-0.15, -0.1) is 0 Å². The summed E-state index contributed by atoms with van der Waals surface area (Å²) in [5.41, 5.74) is 2.28. The Labute approximate surface area is 117 Å². The number of aliphatic hydroxyl groups excluding tert-OH is 1. The van der Waals surface area contributed by atoms with Gasteiger partial charge >= 0.3 is 0 Å². The van der Waals surface area contributed by atoms with Gasteiger partial charge in [0.2, 0.25) is 0 Å². The lowest BCUT2D eigenvalue weighted by Gasteiger charge is -2.36. The predicted molar refractivity (Wildman–Crippen MR) is 80.2 cm³/mol. The Morgan fingerprint density at radius 2 is 1.84 bits per heavy atom. The summed E-state index contributed by atoms with van der Waals surface area (Å²) >= 11 is 0. The van der Waals surface area contributed by atoms with Gasteiger partial charge in [-0.05, 0) is 45.7 Å². The van der Waals surface area contributed by atoms with Crippen molar-refractivity contribution >= 4 is 0 Å². The van der Waals surface area contributed by atoms with Gasteiger partial charge in [-0.2, -0.15) is 0 Å². The summed E-state index contributed by atoms with van der Waals surface area (Å²) in [6, 6.07) is 9.04. The van der Waals surface area contributed by atoms with Gasteiger partial charge in [0.25, 0.3) is 0 Å². The van der Waals surface area contributed by atoms with Gasteiger partial charge in [-0.25, -0.2) is 0 Å². The first kappa shape index (κ1) is 14.5. The van der Waals surface area contributed by atoms with Crippen LogP contribution >= 0.6 is 0 Å². The summed E-state index contributed by atoms with van der Waals surface area (Å²) < 4.78 is 0. The van der Waals surface area contributed by atoms with Crippen LogP contribution in [0, 0.1) is 6.92 Å². The van der Waals surface area contributed by atoms with Gasteiger partial charge in [0.15, 0.2) is 0 Å². The van der Waals surface area contributed by atoms with Crippen LogP contribution in [0.15, 0.2) is 24.3 Å². The minimum atomic E-state index is -0.388. The number of hydrogen-bond acceptors (Lipinski definition) is 2. The molecule has 1 N–H and O–H groups in total. The molecule has 3 unspecified atom stereocenters. The number of aryl methyl sites for hydroxylation is 1. The van der Waals surface area contributed by atoms with Crippen molar-refractivity contribution in [1.82, 2.24) is 4.90 Å². The number of likely N-dealkylation sites (tertiary alicyclic amines) is 1. The zero-order valence-corrected chi connectivity index (χ0v) is 12.5. The van der Waals surface area contributed by atoms with Crippen LogP contribution in [0.1, 0.15) is 56.8 Å². The molecule has 0 aliphatic carbocycles. The molecular formula is C17H27NO. The number of hydrogen-bond donors (Lipinski definition) is 1. The first-order valence-corrected chi connectivity index (χ1v) is 7.60.